The van der Waals surface area contributed by atoms with Gasteiger partial charge in [0.2, 0.25) is 0 Å². The van der Waals surface area contributed by atoms with E-state index in [-0.39, 0.29) is 18.2 Å². The molecule has 2 aliphatic rings. The van der Waals surface area contributed by atoms with E-state index in [4.69, 9.17) is 9.47 Å². The number of esters is 1. The molecule has 0 fully saturated rings. The van der Waals surface area contributed by atoms with Crippen molar-refractivity contribution in [2.45, 2.75) is 45.4 Å². The molecule has 0 bridgehead atoms. The minimum absolute atomic E-state index is 0.216. The van der Waals surface area contributed by atoms with Gasteiger partial charge in [-0.1, -0.05) is 6.07 Å². The fourth-order valence-electron chi connectivity index (χ4n) is 3.28. The van der Waals surface area contributed by atoms with Crippen LogP contribution in [0.5, 0.6) is 0 Å². The summed E-state index contributed by atoms with van der Waals surface area (Å²) in [5, 5.41) is 0. The zero-order valence-corrected chi connectivity index (χ0v) is 15.6. The van der Waals surface area contributed by atoms with E-state index in [9.17, 15) is 9.59 Å². The van der Waals surface area contributed by atoms with Gasteiger partial charge in [-0.3, -0.25) is 0 Å². The van der Waals surface area contributed by atoms with Gasteiger partial charge in [-0.05, 0) is 58.5 Å². The molecule has 1 unspecified atom stereocenters. The van der Waals surface area contributed by atoms with Crippen molar-refractivity contribution in [1.29, 1.82) is 0 Å². The third-order valence-electron chi connectivity index (χ3n) is 4.38. The zero-order chi connectivity index (χ0) is 18.4. The molecule has 0 aromatic heterocycles. The van der Waals surface area contributed by atoms with Crippen LogP contribution in [0.3, 0.4) is 0 Å². The van der Waals surface area contributed by atoms with Crippen LogP contribution in [0, 0.1) is 0 Å². The first-order chi connectivity index (χ1) is 11.6. The summed E-state index contributed by atoms with van der Waals surface area (Å²) >= 11 is 0. The number of carbonyl (C=O) groups excluding carboxylic acids is 2. The Morgan fingerprint density at radius 3 is 2.68 bits per heavy atom. The zero-order valence-electron chi connectivity index (χ0n) is 15.6. The third kappa shape index (κ3) is 3.79. The predicted molar refractivity (Wildman–Crippen MR) is 93.5 cm³/mol. The molecule has 3 rings (SSSR count). The van der Waals surface area contributed by atoms with Gasteiger partial charge in [0.1, 0.15) is 11.7 Å². The molecule has 6 nitrogen and oxygen atoms in total. The van der Waals surface area contributed by atoms with Crippen molar-refractivity contribution in [3.63, 3.8) is 0 Å². The second kappa shape index (κ2) is 6.33. The van der Waals surface area contributed by atoms with Crippen LogP contribution in [0.15, 0.2) is 12.1 Å². The van der Waals surface area contributed by atoms with E-state index in [0.717, 1.165) is 17.5 Å². The van der Waals surface area contributed by atoms with E-state index in [0.29, 0.717) is 25.2 Å². The number of fused-ring (bicyclic) bond motifs is 2. The lowest BCUT2D eigenvalue weighted by molar-refractivity contribution is 0.0223. The minimum atomic E-state index is -0.515. The van der Waals surface area contributed by atoms with E-state index in [2.05, 4.69) is 6.07 Å². The summed E-state index contributed by atoms with van der Waals surface area (Å²) < 4.78 is 11.0. The smallest absolute Gasteiger partial charge is 0.410 e. The largest absolute Gasteiger partial charge is 0.452 e. The van der Waals surface area contributed by atoms with Gasteiger partial charge < -0.3 is 19.3 Å². The summed E-state index contributed by atoms with van der Waals surface area (Å²) in [6.45, 7) is 7.32. The van der Waals surface area contributed by atoms with Crippen molar-refractivity contribution in [3.05, 3.63) is 34.4 Å². The summed E-state index contributed by atoms with van der Waals surface area (Å²) in [6, 6.07) is 3.97. The number of rotatable bonds is 2. The number of cyclic esters (lactones) is 1. The monoisotopic (exact) mass is 346 g/mol. The molecule has 0 saturated carbocycles. The van der Waals surface area contributed by atoms with E-state index in [1.807, 2.05) is 45.8 Å². The van der Waals surface area contributed by atoms with Crippen molar-refractivity contribution in [2.24, 2.45) is 0 Å². The number of likely N-dealkylation sites (N-methyl/N-ethyl adjacent to an activating group) is 1. The maximum absolute atomic E-state index is 12.3. The Labute approximate surface area is 148 Å². The SMILES string of the molecule is CN(C)CC1OC(=O)c2cc3c(cc21)CCN(C(=O)OC(C)(C)C)C3. The number of ether oxygens (including phenoxy) is 2. The Bertz CT molecular complexity index is 706. The molecule has 1 aromatic rings. The minimum Gasteiger partial charge on any atom is -0.452 e. The fourth-order valence-corrected chi connectivity index (χ4v) is 3.28. The lowest BCUT2D eigenvalue weighted by Gasteiger charge is -2.31. The van der Waals surface area contributed by atoms with Crippen LogP contribution in [0.2, 0.25) is 0 Å². The number of hydrogen-bond donors (Lipinski definition) is 0. The maximum atomic E-state index is 12.3. The van der Waals surface area contributed by atoms with Gasteiger partial charge in [-0.15, -0.1) is 0 Å². The van der Waals surface area contributed by atoms with E-state index >= 15 is 0 Å². The van der Waals surface area contributed by atoms with Crippen LogP contribution in [0.25, 0.3) is 0 Å². The molecular weight excluding hydrogens is 320 g/mol. The highest BCUT2D eigenvalue weighted by atomic mass is 16.6. The van der Waals surface area contributed by atoms with E-state index < -0.39 is 5.60 Å². The normalized spacial score (nSPS) is 19.5. The van der Waals surface area contributed by atoms with E-state index in [1.54, 1.807) is 4.90 Å². The van der Waals surface area contributed by atoms with Gasteiger partial charge in [0.15, 0.2) is 0 Å². The summed E-state index contributed by atoms with van der Waals surface area (Å²) in [6.07, 6.45) is 0.225. The highest BCUT2D eigenvalue weighted by Gasteiger charge is 2.34. The Balaban J connectivity index is 1.82. The average molecular weight is 346 g/mol. The molecule has 0 aliphatic carbocycles. The predicted octanol–water partition coefficient (Wildman–Crippen LogP) is 2.75. The first-order valence-corrected chi connectivity index (χ1v) is 8.63. The molecule has 25 heavy (non-hydrogen) atoms. The third-order valence-corrected chi connectivity index (χ3v) is 4.38. The molecule has 1 aromatic carbocycles. The molecule has 0 N–H and O–H groups in total. The van der Waals surface area contributed by atoms with Crippen molar-refractivity contribution < 1.29 is 19.1 Å². The number of amides is 1. The molecule has 0 radical (unpaired) electrons. The summed E-state index contributed by atoms with van der Waals surface area (Å²) in [7, 11) is 3.92. The Morgan fingerprint density at radius 2 is 2.04 bits per heavy atom. The van der Waals surface area contributed by atoms with Gasteiger partial charge in [-0.2, -0.15) is 0 Å². The molecule has 1 amide bonds. The summed E-state index contributed by atoms with van der Waals surface area (Å²) in [5.74, 6) is -0.279. The fraction of sp³-hybridized carbons (Fsp3) is 0.579. The lowest BCUT2D eigenvalue weighted by Crippen LogP contribution is -2.40. The molecule has 0 saturated heterocycles. The first kappa shape index (κ1) is 17.7. The van der Waals surface area contributed by atoms with Gasteiger partial charge in [0.25, 0.3) is 0 Å². The summed E-state index contributed by atoms with van der Waals surface area (Å²) in [5.41, 5.74) is 3.25. The van der Waals surface area contributed by atoms with Gasteiger partial charge in [0, 0.05) is 25.2 Å². The van der Waals surface area contributed by atoms with Crippen molar-refractivity contribution in [2.75, 3.05) is 27.2 Å². The van der Waals surface area contributed by atoms with Crippen molar-refractivity contribution >= 4 is 12.1 Å². The van der Waals surface area contributed by atoms with Gasteiger partial charge >= 0.3 is 12.1 Å². The second-order valence-electron chi connectivity index (χ2n) is 8.02. The van der Waals surface area contributed by atoms with E-state index in [1.165, 1.54) is 5.56 Å². The molecule has 6 heteroatoms. The number of nitrogens with zero attached hydrogens (tertiary/aromatic N) is 2. The highest BCUT2D eigenvalue weighted by molar-refractivity contribution is 5.94. The van der Waals surface area contributed by atoms with Gasteiger partial charge in [0.05, 0.1) is 5.56 Å². The first-order valence-electron chi connectivity index (χ1n) is 8.63. The van der Waals surface area contributed by atoms with Crippen LogP contribution in [-0.4, -0.2) is 54.6 Å². The quantitative estimate of drug-likeness (QED) is 0.771. The number of carbonyl (C=O) groups is 2. The molecule has 136 valence electrons. The molecule has 0 spiro atoms. The lowest BCUT2D eigenvalue weighted by atomic mass is 9.92. The summed E-state index contributed by atoms with van der Waals surface area (Å²) in [4.78, 5) is 28.2. The van der Waals surface area contributed by atoms with Crippen LogP contribution >= 0.6 is 0 Å². The van der Waals surface area contributed by atoms with Crippen LogP contribution in [-0.2, 0) is 22.4 Å². The van der Waals surface area contributed by atoms with Crippen LogP contribution in [0.4, 0.5) is 4.79 Å². The Kier molecular flexibility index (Phi) is 4.49. The maximum Gasteiger partial charge on any atom is 0.410 e. The number of hydrogen-bond acceptors (Lipinski definition) is 5. The highest BCUT2D eigenvalue weighted by Crippen LogP contribution is 2.35. The standard InChI is InChI=1S/C19H26N2O4/c1-19(2,3)25-18(23)21-7-6-12-8-14-15(9-13(12)10-21)17(22)24-16(14)11-20(4)5/h8-9,16H,6-7,10-11H2,1-5H3. The Morgan fingerprint density at radius 1 is 1.32 bits per heavy atom. The van der Waals surface area contributed by atoms with Crippen molar-refractivity contribution in [3.8, 4) is 0 Å². The van der Waals surface area contributed by atoms with Crippen LogP contribution < -0.4 is 0 Å². The average Bonchev–Trinajstić information content (AvgIpc) is 2.78. The topological polar surface area (TPSA) is 59.1 Å². The second-order valence-corrected chi connectivity index (χ2v) is 8.02. The van der Waals surface area contributed by atoms with Crippen molar-refractivity contribution in [1.82, 2.24) is 9.80 Å². The van der Waals surface area contributed by atoms with Crippen LogP contribution in [0.1, 0.15) is 53.9 Å². The van der Waals surface area contributed by atoms with Gasteiger partial charge in [-0.25, -0.2) is 9.59 Å². The number of benzene rings is 1. The molecular formula is C19H26N2O4. The Hall–Kier alpha value is -2.08. The molecule has 1 atom stereocenters. The molecule has 2 aliphatic heterocycles. The molecule has 2 heterocycles.